The molecule has 2 aliphatic carbocycles. The standard InChI is InChI=1S/C18H22ClFN2O3/c19-15-9-12(20)3-6-14(15)18(7-8-18)10-21-17(25)22-13-4-1-11(2-5-13)16(23)24/h3,6,9,11,13H,1-2,4-5,7-8,10H2,(H,23,24)(H2,21,22,25). The number of nitrogens with one attached hydrogen (secondary N) is 2. The Labute approximate surface area is 150 Å². The molecule has 0 aliphatic heterocycles. The summed E-state index contributed by atoms with van der Waals surface area (Å²) in [5.41, 5.74) is 0.668. The highest BCUT2D eigenvalue weighted by Crippen LogP contribution is 2.50. The monoisotopic (exact) mass is 368 g/mol. The molecule has 2 aliphatic rings. The summed E-state index contributed by atoms with van der Waals surface area (Å²) in [7, 11) is 0. The predicted molar refractivity (Wildman–Crippen MR) is 92.2 cm³/mol. The van der Waals surface area contributed by atoms with Crippen molar-refractivity contribution in [3.8, 4) is 0 Å². The van der Waals surface area contributed by atoms with Gasteiger partial charge in [0.1, 0.15) is 5.82 Å². The summed E-state index contributed by atoms with van der Waals surface area (Å²) >= 11 is 6.15. The van der Waals surface area contributed by atoms with E-state index in [4.69, 9.17) is 16.7 Å². The molecule has 7 heteroatoms. The fourth-order valence-electron chi connectivity index (χ4n) is 3.58. The van der Waals surface area contributed by atoms with Crippen molar-refractivity contribution in [2.75, 3.05) is 6.54 Å². The highest BCUT2D eigenvalue weighted by atomic mass is 35.5. The first kappa shape index (κ1) is 18.0. The molecule has 0 radical (unpaired) electrons. The van der Waals surface area contributed by atoms with E-state index in [0.29, 0.717) is 37.3 Å². The van der Waals surface area contributed by atoms with Crippen LogP contribution in [0.5, 0.6) is 0 Å². The van der Waals surface area contributed by atoms with E-state index in [1.54, 1.807) is 6.07 Å². The van der Waals surface area contributed by atoms with Crippen molar-refractivity contribution >= 4 is 23.6 Å². The van der Waals surface area contributed by atoms with Crippen LogP contribution >= 0.6 is 11.6 Å². The van der Waals surface area contributed by atoms with Gasteiger partial charge in [0.15, 0.2) is 0 Å². The number of hydrogen-bond donors (Lipinski definition) is 3. The fourth-order valence-corrected chi connectivity index (χ4v) is 3.95. The lowest BCUT2D eigenvalue weighted by molar-refractivity contribution is -0.142. The SMILES string of the molecule is O=C(NCC1(c2ccc(F)cc2Cl)CC1)NC1CCC(C(=O)O)CC1. The zero-order chi connectivity index (χ0) is 18.0. The zero-order valence-corrected chi connectivity index (χ0v) is 14.6. The Morgan fingerprint density at radius 3 is 2.48 bits per heavy atom. The number of carboxylic acid groups (broad SMARTS) is 1. The molecule has 0 unspecified atom stereocenters. The average molecular weight is 369 g/mol. The van der Waals surface area contributed by atoms with E-state index in [0.717, 1.165) is 18.4 Å². The van der Waals surface area contributed by atoms with Gasteiger partial charge in [0, 0.05) is 23.0 Å². The van der Waals surface area contributed by atoms with Crippen molar-refractivity contribution in [1.29, 1.82) is 0 Å². The molecule has 25 heavy (non-hydrogen) atoms. The van der Waals surface area contributed by atoms with Gasteiger partial charge < -0.3 is 15.7 Å². The maximum atomic E-state index is 13.2. The number of halogens is 2. The first-order valence-corrected chi connectivity index (χ1v) is 9.00. The third kappa shape index (κ3) is 4.24. The van der Waals surface area contributed by atoms with Crippen molar-refractivity contribution in [2.45, 2.75) is 50.0 Å². The number of hydrogen-bond acceptors (Lipinski definition) is 2. The van der Waals surface area contributed by atoms with Crippen LogP contribution in [0.1, 0.15) is 44.1 Å². The summed E-state index contributed by atoms with van der Waals surface area (Å²) in [6.07, 6.45) is 4.36. The van der Waals surface area contributed by atoms with Crippen molar-refractivity contribution in [3.63, 3.8) is 0 Å². The van der Waals surface area contributed by atoms with Crippen molar-refractivity contribution in [3.05, 3.63) is 34.6 Å². The summed E-state index contributed by atoms with van der Waals surface area (Å²) in [5, 5.41) is 15.2. The van der Waals surface area contributed by atoms with Gasteiger partial charge in [-0.05, 0) is 56.2 Å². The van der Waals surface area contributed by atoms with Gasteiger partial charge in [0.25, 0.3) is 0 Å². The van der Waals surface area contributed by atoms with Crippen LogP contribution in [0.4, 0.5) is 9.18 Å². The molecule has 3 rings (SSSR count). The highest BCUT2D eigenvalue weighted by Gasteiger charge is 2.45. The molecule has 2 fully saturated rings. The number of rotatable bonds is 5. The lowest BCUT2D eigenvalue weighted by atomic mass is 9.86. The zero-order valence-electron chi connectivity index (χ0n) is 13.9. The van der Waals surface area contributed by atoms with Crippen LogP contribution in [-0.2, 0) is 10.2 Å². The predicted octanol–water partition coefficient (Wildman–Crippen LogP) is 3.45. The Morgan fingerprint density at radius 1 is 1.24 bits per heavy atom. The first-order valence-electron chi connectivity index (χ1n) is 8.62. The third-order valence-electron chi connectivity index (χ3n) is 5.36. The largest absolute Gasteiger partial charge is 0.481 e. The Bertz CT molecular complexity index is 670. The van der Waals surface area contributed by atoms with E-state index in [-0.39, 0.29) is 29.2 Å². The van der Waals surface area contributed by atoms with Crippen LogP contribution in [0.25, 0.3) is 0 Å². The molecule has 0 saturated heterocycles. The number of carbonyl (C=O) groups is 2. The van der Waals surface area contributed by atoms with Crippen LogP contribution in [0.2, 0.25) is 5.02 Å². The topological polar surface area (TPSA) is 78.4 Å². The minimum atomic E-state index is -0.755. The van der Waals surface area contributed by atoms with Crippen molar-refractivity contribution in [2.24, 2.45) is 5.92 Å². The maximum Gasteiger partial charge on any atom is 0.315 e. The number of carboxylic acids is 1. The van der Waals surface area contributed by atoms with E-state index in [2.05, 4.69) is 10.6 Å². The summed E-state index contributed by atoms with van der Waals surface area (Å²) < 4.78 is 13.2. The molecular weight excluding hydrogens is 347 g/mol. The molecule has 2 saturated carbocycles. The molecule has 1 aromatic carbocycles. The van der Waals surface area contributed by atoms with Crippen LogP contribution in [0.15, 0.2) is 18.2 Å². The highest BCUT2D eigenvalue weighted by molar-refractivity contribution is 6.31. The Hall–Kier alpha value is -1.82. The second kappa shape index (κ2) is 7.20. The van der Waals surface area contributed by atoms with E-state index in [1.807, 2.05) is 0 Å². The second-order valence-electron chi connectivity index (χ2n) is 7.12. The molecule has 0 aromatic heterocycles. The van der Waals surface area contributed by atoms with Gasteiger partial charge in [-0.1, -0.05) is 17.7 Å². The minimum Gasteiger partial charge on any atom is -0.481 e. The summed E-state index contributed by atoms with van der Waals surface area (Å²) in [4.78, 5) is 23.1. The summed E-state index contributed by atoms with van der Waals surface area (Å²) in [5.74, 6) is -1.42. The lowest BCUT2D eigenvalue weighted by Gasteiger charge is -2.27. The van der Waals surface area contributed by atoms with Crippen LogP contribution in [0, 0.1) is 11.7 Å². The van der Waals surface area contributed by atoms with Gasteiger partial charge in [0.2, 0.25) is 0 Å². The van der Waals surface area contributed by atoms with Gasteiger partial charge in [-0.25, -0.2) is 9.18 Å². The van der Waals surface area contributed by atoms with Gasteiger partial charge >= 0.3 is 12.0 Å². The number of urea groups is 1. The Morgan fingerprint density at radius 2 is 1.92 bits per heavy atom. The quantitative estimate of drug-likeness (QED) is 0.744. The molecule has 136 valence electrons. The molecule has 0 heterocycles. The normalized spacial score (nSPS) is 24.4. The van der Waals surface area contributed by atoms with Gasteiger partial charge in [-0.15, -0.1) is 0 Å². The van der Waals surface area contributed by atoms with Crippen LogP contribution in [-0.4, -0.2) is 29.7 Å². The number of carbonyl (C=O) groups excluding carboxylic acids is 1. The summed E-state index contributed by atoms with van der Waals surface area (Å²) in [6, 6.07) is 4.15. The molecule has 5 nitrogen and oxygen atoms in total. The summed E-state index contributed by atoms with van der Waals surface area (Å²) in [6.45, 7) is 0.453. The number of aliphatic carboxylic acids is 1. The molecule has 0 spiro atoms. The third-order valence-corrected chi connectivity index (χ3v) is 5.67. The van der Waals surface area contributed by atoms with Gasteiger partial charge in [-0.2, -0.15) is 0 Å². The smallest absolute Gasteiger partial charge is 0.315 e. The second-order valence-corrected chi connectivity index (χ2v) is 7.53. The Balaban J connectivity index is 1.49. The van der Waals surface area contributed by atoms with E-state index >= 15 is 0 Å². The minimum absolute atomic E-state index is 0.0140. The molecule has 3 N–H and O–H groups in total. The van der Waals surface area contributed by atoms with E-state index in [9.17, 15) is 14.0 Å². The van der Waals surface area contributed by atoms with Gasteiger partial charge in [0.05, 0.1) is 5.92 Å². The average Bonchev–Trinajstić information content (AvgIpc) is 3.34. The van der Waals surface area contributed by atoms with Crippen LogP contribution in [0.3, 0.4) is 0 Å². The molecule has 1 aromatic rings. The molecule has 0 atom stereocenters. The fraction of sp³-hybridized carbons (Fsp3) is 0.556. The van der Waals surface area contributed by atoms with Gasteiger partial charge in [-0.3, -0.25) is 4.79 Å². The first-order chi connectivity index (χ1) is 11.9. The van der Waals surface area contributed by atoms with E-state index < -0.39 is 5.97 Å². The maximum absolute atomic E-state index is 13.2. The van der Waals surface area contributed by atoms with Crippen LogP contribution < -0.4 is 10.6 Å². The Kier molecular flexibility index (Phi) is 5.18. The number of benzene rings is 1. The van der Waals surface area contributed by atoms with E-state index in [1.165, 1.54) is 12.1 Å². The molecular formula is C18H22ClFN2O3. The molecule has 2 amide bonds. The van der Waals surface area contributed by atoms with Crippen molar-refractivity contribution < 1.29 is 19.1 Å². The number of amides is 2. The van der Waals surface area contributed by atoms with Crippen molar-refractivity contribution in [1.82, 2.24) is 10.6 Å². The lowest BCUT2D eigenvalue weighted by Crippen LogP contribution is -2.46. The molecule has 0 bridgehead atoms.